The summed E-state index contributed by atoms with van der Waals surface area (Å²) in [6.45, 7) is 6.05. The molecule has 1 rings (SSSR count). The number of hydrogen-bond acceptors (Lipinski definition) is 5. The van der Waals surface area contributed by atoms with Gasteiger partial charge in [-0.05, 0) is 30.9 Å². The van der Waals surface area contributed by atoms with Gasteiger partial charge in [-0.15, -0.1) is 0 Å². The predicted molar refractivity (Wildman–Crippen MR) is 74.0 cm³/mol. The molecule has 0 saturated heterocycles. The van der Waals surface area contributed by atoms with Crippen molar-refractivity contribution in [3.05, 3.63) is 18.2 Å². The Morgan fingerprint density at radius 3 is 2.42 bits per heavy atom. The molecule has 0 aliphatic carbocycles. The molecule has 0 unspecified atom stereocenters. The molecule has 0 aliphatic rings. The van der Waals surface area contributed by atoms with E-state index >= 15 is 0 Å². The number of hydrogen-bond donors (Lipinski definition) is 2. The highest BCUT2D eigenvalue weighted by molar-refractivity contribution is 6.58. The van der Waals surface area contributed by atoms with Gasteiger partial charge in [0.05, 0.1) is 13.2 Å². The first-order valence-corrected chi connectivity index (χ1v) is 6.52. The predicted octanol–water partition coefficient (Wildman–Crippen LogP) is 0.570. The molecule has 0 aromatic heterocycles. The van der Waals surface area contributed by atoms with Gasteiger partial charge in [0, 0.05) is 6.61 Å². The minimum absolute atomic E-state index is 0.373. The van der Waals surface area contributed by atoms with Crippen molar-refractivity contribution in [3.63, 3.8) is 0 Å². The molecule has 0 atom stereocenters. The summed E-state index contributed by atoms with van der Waals surface area (Å²) >= 11 is 0. The van der Waals surface area contributed by atoms with E-state index in [2.05, 4.69) is 0 Å². The van der Waals surface area contributed by atoms with Crippen LogP contribution in [0.2, 0.25) is 0 Å². The molecule has 0 aliphatic heterocycles. The van der Waals surface area contributed by atoms with Gasteiger partial charge in [-0.3, -0.25) is 0 Å². The summed E-state index contributed by atoms with van der Waals surface area (Å²) in [7, 11) is -1.51. The SMILES string of the molecule is CCCOCCOc1ccc(B(O)O)cc1OCC. The van der Waals surface area contributed by atoms with Crippen LogP contribution < -0.4 is 14.9 Å². The smallest absolute Gasteiger partial charge is 0.488 e. The fraction of sp³-hybridized carbons (Fsp3) is 0.538. The van der Waals surface area contributed by atoms with E-state index in [1.807, 2.05) is 13.8 Å². The summed E-state index contributed by atoms with van der Waals surface area (Å²) in [5.41, 5.74) is 0.373. The molecular weight excluding hydrogens is 247 g/mol. The average Bonchev–Trinajstić information content (AvgIpc) is 2.40. The molecule has 0 amide bonds. The van der Waals surface area contributed by atoms with Crippen molar-refractivity contribution >= 4 is 12.6 Å². The summed E-state index contributed by atoms with van der Waals surface area (Å²) in [6, 6.07) is 4.82. The fourth-order valence-corrected chi connectivity index (χ4v) is 1.53. The Morgan fingerprint density at radius 1 is 1.00 bits per heavy atom. The summed E-state index contributed by atoms with van der Waals surface area (Å²) in [4.78, 5) is 0. The molecular formula is C13H21BO5. The van der Waals surface area contributed by atoms with Gasteiger partial charge < -0.3 is 24.3 Å². The van der Waals surface area contributed by atoms with Crippen molar-refractivity contribution in [3.8, 4) is 11.5 Å². The lowest BCUT2D eigenvalue weighted by molar-refractivity contribution is 0.0992. The topological polar surface area (TPSA) is 68.2 Å². The minimum atomic E-state index is -1.51. The number of ether oxygens (including phenoxy) is 3. The van der Waals surface area contributed by atoms with Crippen LogP contribution in [0.4, 0.5) is 0 Å². The van der Waals surface area contributed by atoms with Crippen molar-refractivity contribution in [2.75, 3.05) is 26.4 Å². The second-order valence-electron chi connectivity index (χ2n) is 3.97. The fourth-order valence-electron chi connectivity index (χ4n) is 1.53. The highest BCUT2D eigenvalue weighted by Gasteiger charge is 2.14. The third kappa shape index (κ3) is 5.51. The second kappa shape index (κ2) is 8.80. The Kier molecular flexibility index (Phi) is 7.32. The minimum Gasteiger partial charge on any atom is -0.490 e. The Morgan fingerprint density at radius 2 is 1.79 bits per heavy atom. The van der Waals surface area contributed by atoms with Gasteiger partial charge in [0.1, 0.15) is 6.61 Å². The maximum atomic E-state index is 9.12. The first kappa shape index (κ1) is 15.8. The third-order valence-corrected chi connectivity index (χ3v) is 2.40. The lowest BCUT2D eigenvalue weighted by Gasteiger charge is -2.13. The van der Waals surface area contributed by atoms with E-state index in [0.29, 0.717) is 36.8 Å². The number of benzene rings is 1. The van der Waals surface area contributed by atoms with Crippen LogP contribution in [0.1, 0.15) is 20.3 Å². The highest BCUT2D eigenvalue weighted by Crippen LogP contribution is 2.25. The summed E-state index contributed by atoms with van der Waals surface area (Å²) in [5.74, 6) is 1.08. The molecule has 106 valence electrons. The first-order valence-electron chi connectivity index (χ1n) is 6.52. The summed E-state index contributed by atoms with van der Waals surface area (Å²) in [6.07, 6.45) is 0.979. The Balaban J connectivity index is 2.60. The first-order chi connectivity index (χ1) is 9.19. The maximum Gasteiger partial charge on any atom is 0.488 e. The van der Waals surface area contributed by atoms with Crippen molar-refractivity contribution in [2.45, 2.75) is 20.3 Å². The molecule has 0 saturated carbocycles. The van der Waals surface area contributed by atoms with E-state index in [1.165, 1.54) is 0 Å². The van der Waals surface area contributed by atoms with E-state index in [1.54, 1.807) is 18.2 Å². The molecule has 0 fully saturated rings. The van der Waals surface area contributed by atoms with Crippen LogP contribution >= 0.6 is 0 Å². The largest absolute Gasteiger partial charge is 0.490 e. The van der Waals surface area contributed by atoms with Crippen LogP contribution in [-0.2, 0) is 4.74 Å². The van der Waals surface area contributed by atoms with E-state index < -0.39 is 7.12 Å². The van der Waals surface area contributed by atoms with Crippen molar-refractivity contribution in [1.29, 1.82) is 0 Å². The van der Waals surface area contributed by atoms with Gasteiger partial charge in [-0.25, -0.2) is 0 Å². The molecule has 6 heteroatoms. The highest BCUT2D eigenvalue weighted by atomic mass is 16.5. The quantitative estimate of drug-likeness (QED) is 0.506. The van der Waals surface area contributed by atoms with Gasteiger partial charge in [0.2, 0.25) is 0 Å². The van der Waals surface area contributed by atoms with Gasteiger partial charge >= 0.3 is 7.12 Å². The Labute approximate surface area is 114 Å². The molecule has 0 heterocycles. The molecule has 0 spiro atoms. The second-order valence-corrected chi connectivity index (χ2v) is 3.97. The molecule has 0 radical (unpaired) electrons. The molecule has 1 aromatic rings. The molecule has 5 nitrogen and oxygen atoms in total. The van der Waals surface area contributed by atoms with E-state index in [0.717, 1.165) is 13.0 Å². The van der Waals surface area contributed by atoms with Crippen LogP contribution in [0.25, 0.3) is 0 Å². The zero-order chi connectivity index (χ0) is 14.1. The van der Waals surface area contributed by atoms with Crippen LogP contribution in [0.5, 0.6) is 11.5 Å². The molecule has 1 aromatic carbocycles. The summed E-state index contributed by atoms with van der Waals surface area (Å²) in [5, 5.41) is 18.2. The number of rotatable bonds is 9. The standard InChI is InChI=1S/C13H21BO5/c1-3-7-17-8-9-19-12-6-5-11(14(15)16)10-13(12)18-4-2/h5-6,10,15-16H,3-4,7-9H2,1-2H3. The van der Waals surface area contributed by atoms with Crippen molar-refractivity contribution in [2.24, 2.45) is 0 Å². The van der Waals surface area contributed by atoms with Gasteiger partial charge in [0.15, 0.2) is 11.5 Å². The van der Waals surface area contributed by atoms with E-state index in [-0.39, 0.29) is 0 Å². The van der Waals surface area contributed by atoms with Crippen LogP contribution in [0, 0.1) is 0 Å². The third-order valence-electron chi connectivity index (χ3n) is 2.40. The monoisotopic (exact) mass is 268 g/mol. The van der Waals surface area contributed by atoms with Crippen LogP contribution in [0.3, 0.4) is 0 Å². The average molecular weight is 268 g/mol. The van der Waals surface area contributed by atoms with Gasteiger partial charge in [-0.1, -0.05) is 13.0 Å². The van der Waals surface area contributed by atoms with Gasteiger partial charge in [0.25, 0.3) is 0 Å². The molecule has 19 heavy (non-hydrogen) atoms. The van der Waals surface area contributed by atoms with E-state index in [9.17, 15) is 0 Å². The normalized spacial score (nSPS) is 10.3. The van der Waals surface area contributed by atoms with Crippen molar-refractivity contribution in [1.82, 2.24) is 0 Å². The maximum absolute atomic E-state index is 9.12. The lowest BCUT2D eigenvalue weighted by atomic mass is 9.80. The molecule has 0 bridgehead atoms. The zero-order valence-electron chi connectivity index (χ0n) is 11.5. The van der Waals surface area contributed by atoms with Crippen molar-refractivity contribution < 1.29 is 24.3 Å². The van der Waals surface area contributed by atoms with Crippen LogP contribution in [-0.4, -0.2) is 43.6 Å². The lowest BCUT2D eigenvalue weighted by Crippen LogP contribution is -2.29. The van der Waals surface area contributed by atoms with E-state index in [4.69, 9.17) is 24.3 Å². The van der Waals surface area contributed by atoms with Crippen LogP contribution in [0.15, 0.2) is 18.2 Å². The Hall–Kier alpha value is -1.24. The van der Waals surface area contributed by atoms with Gasteiger partial charge in [-0.2, -0.15) is 0 Å². The summed E-state index contributed by atoms with van der Waals surface area (Å²) < 4.78 is 16.3. The Bertz CT molecular complexity index is 370. The molecule has 2 N–H and O–H groups in total. The zero-order valence-corrected chi connectivity index (χ0v) is 11.5.